The fourth-order valence-electron chi connectivity index (χ4n) is 5.07. The van der Waals surface area contributed by atoms with Gasteiger partial charge in [0, 0.05) is 36.7 Å². The summed E-state index contributed by atoms with van der Waals surface area (Å²) in [7, 11) is 3.20. The molecule has 0 amide bonds. The summed E-state index contributed by atoms with van der Waals surface area (Å²) in [5.74, 6) is 1.85. The number of furan rings is 1. The average Bonchev–Trinajstić information content (AvgIpc) is 3.73. The molecule has 2 aliphatic rings. The molecule has 5 heterocycles. The van der Waals surface area contributed by atoms with Gasteiger partial charge in [-0.15, -0.1) is 21.6 Å². The largest absolute Gasteiger partial charge is 0.598 e. The molecule has 0 spiro atoms. The van der Waals surface area contributed by atoms with E-state index in [9.17, 15) is 4.55 Å². The van der Waals surface area contributed by atoms with Gasteiger partial charge in [-0.05, 0) is 63.3 Å². The maximum atomic E-state index is 13.2. The molecule has 2 unspecified atom stereocenters. The van der Waals surface area contributed by atoms with Crippen LogP contribution >= 0.6 is 23.1 Å². The van der Waals surface area contributed by atoms with Crippen LogP contribution in [0.4, 0.5) is 0 Å². The highest BCUT2D eigenvalue weighted by molar-refractivity contribution is 8.03. The highest BCUT2D eigenvalue weighted by Crippen LogP contribution is 2.46. The lowest BCUT2D eigenvalue weighted by Crippen LogP contribution is -2.69. The van der Waals surface area contributed by atoms with E-state index >= 15 is 0 Å². The third kappa shape index (κ3) is 5.44. The number of nitrogens with one attached hydrogen (secondary N) is 2. The number of ether oxygens (including phenoxy) is 4. The fraction of sp³-hybridized carbons (Fsp3) is 0.500. The number of rotatable bonds is 9. The Bertz CT molecular complexity index is 1590. The standard InChI is InChI=1S/C28H35N5O6S3/c1-26(2,3)42(34)32-28(7-9-37-10-8-28)27(4)30-17(16-40-27)15-38-21-11-18(35-5)12-22-19(21)13-23(39-22)20-14-33-24(29-20)41-25(31-33)36-6/h11-14,16,30,32H,7-10,15H2,1-6H3. The first-order chi connectivity index (χ1) is 20.0. The Kier molecular flexibility index (Phi) is 7.81. The number of benzene rings is 1. The summed E-state index contributed by atoms with van der Waals surface area (Å²) in [5.41, 5.74) is 1.80. The van der Waals surface area contributed by atoms with Crippen LogP contribution in [0.1, 0.15) is 40.5 Å². The molecule has 0 bridgehead atoms. The van der Waals surface area contributed by atoms with Gasteiger partial charge >= 0.3 is 0 Å². The van der Waals surface area contributed by atoms with Crippen molar-refractivity contribution in [3.63, 3.8) is 0 Å². The van der Waals surface area contributed by atoms with E-state index in [4.69, 9.17) is 23.4 Å². The van der Waals surface area contributed by atoms with Gasteiger partial charge in [-0.25, -0.2) is 9.50 Å². The summed E-state index contributed by atoms with van der Waals surface area (Å²) >= 11 is 1.81. The van der Waals surface area contributed by atoms with Gasteiger partial charge in [-0.1, -0.05) is 0 Å². The molecule has 1 saturated heterocycles. The lowest BCUT2D eigenvalue weighted by Gasteiger charge is -2.49. The Morgan fingerprint density at radius 1 is 1.19 bits per heavy atom. The molecular formula is C28H35N5O6S3. The van der Waals surface area contributed by atoms with E-state index in [2.05, 4.69) is 32.5 Å². The van der Waals surface area contributed by atoms with E-state index in [0.717, 1.165) is 23.9 Å². The van der Waals surface area contributed by atoms with E-state index in [1.165, 1.54) is 11.3 Å². The first-order valence-electron chi connectivity index (χ1n) is 13.6. The Hall–Kier alpha value is -2.62. The summed E-state index contributed by atoms with van der Waals surface area (Å²) in [6.07, 6.45) is 3.30. The van der Waals surface area contributed by atoms with Gasteiger partial charge in [0.1, 0.15) is 44.5 Å². The predicted molar refractivity (Wildman–Crippen MR) is 166 cm³/mol. The zero-order chi connectivity index (χ0) is 29.7. The van der Waals surface area contributed by atoms with Crippen molar-refractivity contribution in [2.45, 2.75) is 55.7 Å². The molecule has 226 valence electrons. The van der Waals surface area contributed by atoms with E-state index < -0.39 is 21.8 Å². The molecule has 0 radical (unpaired) electrons. The molecule has 2 aliphatic heterocycles. The lowest BCUT2D eigenvalue weighted by atomic mass is 9.83. The van der Waals surface area contributed by atoms with E-state index in [1.807, 2.05) is 45.2 Å². The summed E-state index contributed by atoms with van der Waals surface area (Å²) < 4.78 is 47.0. The quantitative estimate of drug-likeness (QED) is 0.239. The van der Waals surface area contributed by atoms with Crippen molar-refractivity contribution in [2.24, 2.45) is 0 Å². The molecule has 1 aromatic carbocycles. The van der Waals surface area contributed by atoms with Crippen molar-refractivity contribution in [1.82, 2.24) is 24.6 Å². The zero-order valence-electron chi connectivity index (χ0n) is 24.4. The fourth-order valence-corrected chi connectivity index (χ4v) is 8.08. The first-order valence-corrected chi connectivity index (χ1v) is 16.4. The molecule has 3 aromatic heterocycles. The van der Waals surface area contributed by atoms with Gasteiger partial charge in [0.05, 0.1) is 31.5 Å². The minimum absolute atomic E-state index is 0.310. The third-order valence-corrected chi connectivity index (χ3v) is 11.5. The number of hydrogen-bond acceptors (Lipinski definition) is 12. The number of fused-ring (bicyclic) bond motifs is 2. The molecular weight excluding hydrogens is 599 g/mol. The minimum Gasteiger partial charge on any atom is -0.598 e. The Balaban J connectivity index is 1.21. The molecule has 42 heavy (non-hydrogen) atoms. The smallest absolute Gasteiger partial charge is 0.294 e. The number of imidazole rings is 1. The van der Waals surface area contributed by atoms with Gasteiger partial charge in [-0.2, -0.15) is 0 Å². The second-order valence-electron chi connectivity index (χ2n) is 11.5. The third-order valence-electron chi connectivity index (χ3n) is 7.58. The molecule has 1 fully saturated rings. The molecule has 6 rings (SSSR count). The highest BCUT2D eigenvalue weighted by Gasteiger charge is 2.55. The summed E-state index contributed by atoms with van der Waals surface area (Å²) in [5, 5.41) is 11.5. The summed E-state index contributed by atoms with van der Waals surface area (Å²) in [4.78, 5) is 4.92. The maximum absolute atomic E-state index is 13.2. The van der Waals surface area contributed by atoms with Crippen LogP contribution < -0.4 is 24.2 Å². The molecule has 0 aliphatic carbocycles. The summed E-state index contributed by atoms with van der Waals surface area (Å²) in [6, 6.07) is 5.61. The van der Waals surface area contributed by atoms with E-state index in [0.29, 0.717) is 58.5 Å². The zero-order valence-corrected chi connectivity index (χ0v) is 26.9. The van der Waals surface area contributed by atoms with Crippen molar-refractivity contribution >= 4 is 50.4 Å². The van der Waals surface area contributed by atoms with Crippen molar-refractivity contribution in [3.8, 4) is 28.1 Å². The molecule has 0 saturated carbocycles. The highest BCUT2D eigenvalue weighted by atomic mass is 32.2. The number of hydrogen-bond donors (Lipinski definition) is 2. The van der Waals surface area contributed by atoms with Crippen molar-refractivity contribution in [3.05, 3.63) is 35.5 Å². The van der Waals surface area contributed by atoms with Gasteiger partial charge in [0.15, 0.2) is 5.76 Å². The van der Waals surface area contributed by atoms with Crippen LogP contribution in [-0.4, -0.2) is 68.3 Å². The Labute approximate surface area is 255 Å². The average molecular weight is 634 g/mol. The van der Waals surface area contributed by atoms with Crippen molar-refractivity contribution < 1.29 is 27.9 Å². The SMILES string of the molecule is COc1cc(OCC2=CSC(C)(C3(N[S+]([O-])C(C)(C)C)CCOCC3)N2)c2cc(-c3cn4nc(OC)sc4n3)oc2c1. The lowest BCUT2D eigenvalue weighted by molar-refractivity contribution is 0.0293. The van der Waals surface area contributed by atoms with Gasteiger partial charge in [0.2, 0.25) is 4.96 Å². The topological polar surface area (TPSA) is 127 Å². The number of nitrogens with zero attached hydrogens (tertiary/aromatic N) is 3. The first kappa shape index (κ1) is 29.5. The Morgan fingerprint density at radius 3 is 2.67 bits per heavy atom. The minimum atomic E-state index is -1.23. The maximum Gasteiger partial charge on any atom is 0.294 e. The molecule has 4 aromatic rings. The van der Waals surface area contributed by atoms with Crippen molar-refractivity contribution in [2.75, 3.05) is 34.0 Å². The number of thioether (sulfide) groups is 1. The van der Waals surface area contributed by atoms with Crippen LogP contribution in [0.25, 0.3) is 27.4 Å². The van der Waals surface area contributed by atoms with Crippen LogP contribution in [-0.2, 0) is 16.1 Å². The molecule has 2 N–H and O–H groups in total. The Morgan fingerprint density at radius 2 is 1.98 bits per heavy atom. The number of aromatic nitrogens is 3. The number of methoxy groups -OCH3 is 2. The van der Waals surface area contributed by atoms with Crippen LogP contribution in [0.15, 0.2) is 39.9 Å². The van der Waals surface area contributed by atoms with E-state index in [1.54, 1.807) is 30.5 Å². The normalized spacial score (nSPS) is 21.4. The van der Waals surface area contributed by atoms with E-state index in [-0.39, 0.29) is 4.75 Å². The van der Waals surface area contributed by atoms with Gasteiger partial charge in [-0.3, -0.25) is 0 Å². The van der Waals surface area contributed by atoms with Crippen LogP contribution in [0.2, 0.25) is 0 Å². The van der Waals surface area contributed by atoms with Crippen LogP contribution in [0, 0.1) is 0 Å². The van der Waals surface area contributed by atoms with Crippen LogP contribution in [0.3, 0.4) is 0 Å². The van der Waals surface area contributed by atoms with Gasteiger partial charge in [0.25, 0.3) is 5.19 Å². The molecule has 2 atom stereocenters. The molecule has 14 heteroatoms. The summed E-state index contributed by atoms with van der Waals surface area (Å²) in [6.45, 7) is 9.64. The van der Waals surface area contributed by atoms with Crippen molar-refractivity contribution in [1.29, 1.82) is 0 Å². The monoisotopic (exact) mass is 633 g/mol. The van der Waals surface area contributed by atoms with Crippen LogP contribution in [0.5, 0.6) is 16.7 Å². The predicted octanol–water partition coefficient (Wildman–Crippen LogP) is 5.10. The second kappa shape index (κ2) is 11.1. The second-order valence-corrected chi connectivity index (χ2v) is 15.6. The molecule has 11 nitrogen and oxygen atoms in total. The van der Waals surface area contributed by atoms with Gasteiger partial charge < -0.3 is 33.2 Å².